The van der Waals surface area contributed by atoms with Crippen LogP contribution in [0.25, 0.3) is 11.1 Å². The molecule has 40 heavy (non-hydrogen) atoms. The normalized spacial score (nSPS) is 18.5. The van der Waals surface area contributed by atoms with Gasteiger partial charge in [0.25, 0.3) is 0 Å². The number of nitrogens with zero attached hydrogens (tertiary/aromatic N) is 1. The third-order valence-corrected chi connectivity index (χ3v) is 12.9. The summed E-state index contributed by atoms with van der Waals surface area (Å²) in [5, 5.41) is 2.45. The molecule has 2 atom stereocenters. The van der Waals surface area contributed by atoms with E-state index in [1.165, 1.54) is 17.0 Å². The Bertz CT molecular complexity index is 1370. The van der Waals surface area contributed by atoms with Gasteiger partial charge in [0.1, 0.15) is 16.5 Å². The minimum Gasteiger partial charge on any atom is -0.444 e. The van der Waals surface area contributed by atoms with Gasteiger partial charge >= 0.3 is 6.09 Å². The van der Waals surface area contributed by atoms with E-state index in [0.717, 1.165) is 6.26 Å². The van der Waals surface area contributed by atoms with Crippen molar-refractivity contribution in [2.45, 2.75) is 88.7 Å². The molecule has 0 unspecified atom stereocenters. The van der Waals surface area contributed by atoms with Crippen molar-refractivity contribution in [2.75, 3.05) is 18.1 Å². The monoisotopic (exact) mass is 592 g/mol. The molecule has 11 heteroatoms. The average Bonchev–Trinajstić information content (AvgIpc) is 3.21. The Kier molecular flexibility index (Phi) is 8.93. The van der Waals surface area contributed by atoms with Gasteiger partial charge in [-0.3, -0.25) is 9.69 Å². The Balaban J connectivity index is 1.96. The summed E-state index contributed by atoms with van der Waals surface area (Å²) < 4.78 is 53.1. The summed E-state index contributed by atoms with van der Waals surface area (Å²) in [5.74, 6) is -1.72. The van der Waals surface area contributed by atoms with Crippen molar-refractivity contribution in [1.82, 2.24) is 4.90 Å². The largest absolute Gasteiger partial charge is 0.444 e. The Hall–Kier alpha value is -2.76. The maximum Gasteiger partial charge on any atom is 0.411 e. The van der Waals surface area contributed by atoms with Crippen LogP contribution in [-0.4, -0.2) is 64.2 Å². The number of hydrogen-bond acceptors (Lipinski definition) is 6. The first-order valence-electron chi connectivity index (χ1n) is 13.3. The van der Waals surface area contributed by atoms with E-state index < -0.39 is 58.6 Å². The van der Waals surface area contributed by atoms with Gasteiger partial charge in [-0.25, -0.2) is 17.6 Å². The van der Waals surface area contributed by atoms with Crippen LogP contribution in [0.2, 0.25) is 18.1 Å². The van der Waals surface area contributed by atoms with E-state index in [9.17, 15) is 18.0 Å². The van der Waals surface area contributed by atoms with Crippen molar-refractivity contribution in [1.29, 1.82) is 0 Å². The zero-order valence-corrected chi connectivity index (χ0v) is 26.6. The predicted molar refractivity (Wildman–Crippen MR) is 157 cm³/mol. The lowest BCUT2D eigenvalue weighted by molar-refractivity contribution is -0.120. The molecule has 3 rings (SSSR count). The summed E-state index contributed by atoms with van der Waals surface area (Å²) in [7, 11) is -6.24. The number of benzene rings is 2. The van der Waals surface area contributed by atoms with Crippen molar-refractivity contribution in [3.8, 4) is 11.1 Å². The lowest BCUT2D eigenvalue weighted by Crippen LogP contribution is -2.46. The van der Waals surface area contributed by atoms with Gasteiger partial charge < -0.3 is 14.5 Å². The third-order valence-electron chi connectivity index (χ3n) is 7.27. The summed E-state index contributed by atoms with van der Waals surface area (Å²) in [6.07, 6.45) is 0.0278. The molecule has 0 aromatic heterocycles. The molecule has 0 radical (unpaired) electrons. The molecule has 1 aliphatic rings. The molecule has 1 fully saturated rings. The predicted octanol–water partition coefficient (Wildman–Crippen LogP) is 6.23. The molecule has 2 aromatic rings. The fourth-order valence-electron chi connectivity index (χ4n) is 4.32. The van der Waals surface area contributed by atoms with Crippen molar-refractivity contribution in [3.63, 3.8) is 0 Å². The highest BCUT2D eigenvalue weighted by Crippen LogP contribution is 2.39. The van der Waals surface area contributed by atoms with Gasteiger partial charge in [-0.15, -0.1) is 0 Å². The minimum atomic E-state index is -4.00. The van der Waals surface area contributed by atoms with Crippen LogP contribution < -0.4 is 5.32 Å². The topological polar surface area (TPSA) is 102 Å². The highest BCUT2D eigenvalue weighted by Gasteiger charge is 2.46. The van der Waals surface area contributed by atoms with Crippen LogP contribution >= 0.6 is 0 Å². The fraction of sp³-hybridized carbons (Fsp3) is 0.517. The SMILES string of the molecule is CC(C)(C)OC(=O)N1C[C@H](O[Si](C)(C)C(C)(C)C)C[C@@H]1C(=O)Nc1ccc(-c2ccccc2)c(S(C)(=O)=O)c1F. The molecular weight excluding hydrogens is 551 g/mol. The Morgan fingerprint density at radius 1 is 1.02 bits per heavy atom. The van der Waals surface area contributed by atoms with Crippen LogP contribution in [-0.2, 0) is 23.8 Å². The molecule has 0 bridgehead atoms. The maximum atomic E-state index is 15.8. The lowest BCUT2D eigenvalue weighted by Gasteiger charge is -2.38. The van der Waals surface area contributed by atoms with Crippen LogP contribution in [0.5, 0.6) is 0 Å². The molecule has 220 valence electrons. The van der Waals surface area contributed by atoms with Crippen LogP contribution in [0.15, 0.2) is 47.4 Å². The van der Waals surface area contributed by atoms with Gasteiger partial charge in [-0.1, -0.05) is 57.2 Å². The minimum absolute atomic E-state index is 0.0875. The van der Waals surface area contributed by atoms with E-state index >= 15 is 4.39 Å². The van der Waals surface area contributed by atoms with Crippen molar-refractivity contribution in [2.24, 2.45) is 0 Å². The second kappa shape index (κ2) is 11.3. The van der Waals surface area contributed by atoms with E-state index in [0.29, 0.717) is 5.56 Å². The summed E-state index contributed by atoms with van der Waals surface area (Å²) in [6, 6.07) is 10.4. The molecule has 1 N–H and O–H groups in total. The van der Waals surface area contributed by atoms with Gasteiger partial charge in [0, 0.05) is 24.8 Å². The Labute approximate surface area is 238 Å². The molecule has 0 saturated carbocycles. The average molecular weight is 593 g/mol. The number of amides is 2. The molecular formula is C29H41FN2O6SSi. The Morgan fingerprint density at radius 3 is 2.15 bits per heavy atom. The fourth-order valence-corrected chi connectivity index (χ4v) is 6.70. The smallest absolute Gasteiger partial charge is 0.411 e. The van der Waals surface area contributed by atoms with Crippen molar-refractivity contribution in [3.05, 3.63) is 48.3 Å². The Morgan fingerprint density at radius 2 is 1.62 bits per heavy atom. The van der Waals surface area contributed by atoms with Gasteiger partial charge in [0.15, 0.2) is 24.0 Å². The summed E-state index contributed by atoms with van der Waals surface area (Å²) in [5.41, 5.74) is -0.363. The zero-order chi connectivity index (χ0) is 30.3. The lowest BCUT2D eigenvalue weighted by atomic mass is 10.0. The van der Waals surface area contributed by atoms with Gasteiger partial charge in [0.05, 0.1) is 11.8 Å². The number of halogens is 1. The molecule has 1 aliphatic heterocycles. The highest BCUT2D eigenvalue weighted by atomic mass is 32.2. The van der Waals surface area contributed by atoms with Crippen LogP contribution in [0.1, 0.15) is 48.0 Å². The van der Waals surface area contributed by atoms with Gasteiger partial charge in [0.2, 0.25) is 5.91 Å². The van der Waals surface area contributed by atoms with Gasteiger partial charge in [-0.05, 0) is 50.5 Å². The zero-order valence-electron chi connectivity index (χ0n) is 24.8. The van der Waals surface area contributed by atoms with E-state index in [4.69, 9.17) is 9.16 Å². The highest BCUT2D eigenvalue weighted by molar-refractivity contribution is 7.90. The first-order valence-corrected chi connectivity index (χ1v) is 18.1. The molecule has 0 spiro atoms. The molecule has 1 heterocycles. The molecule has 8 nitrogen and oxygen atoms in total. The number of carbonyl (C=O) groups is 2. The molecule has 2 amide bonds. The number of carbonyl (C=O) groups excluding carboxylic acids is 2. The number of hydrogen-bond donors (Lipinski definition) is 1. The van der Waals surface area contributed by atoms with Crippen molar-refractivity contribution >= 4 is 35.8 Å². The number of sulfone groups is 1. The van der Waals surface area contributed by atoms with Crippen molar-refractivity contribution < 1.29 is 31.6 Å². The maximum absolute atomic E-state index is 15.8. The first kappa shape index (κ1) is 31.8. The van der Waals surface area contributed by atoms with E-state index in [-0.39, 0.29) is 29.3 Å². The first-order chi connectivity index (χ1) is 18.2. The summed E-state index contributed by atoms with van der Waals surface area (Å²) >= 11 is 0. The van der Waals surface area contributed by atoms with Crippen LogP contribution in [0.3, 0.4) is 0 Å². The molecule has 0 aliphatic carbocycles. The number of anilines is 1. The number of nitrogens with one attached hydrogen (secondary N) is 1. The number of rotatable bonds is 6. The van der Waals surface area contributed by atoms with E-state index in [2.05, 4.69) is 39.2 Å². The number of ether oxygens (including phenoxy) is 1. The van der Waals surface area contributed by atoms with Gasteiger partial charge in [-0.2, -0.15) is 0 Å². The molecule has 1 saturated heterocycles. The van der Waals surface area contributed by atoms with E-state index in [1.54, 1.807) is 51.1 Å². The van der Waals surface area contributed by atoms with Crippen LogP contribution in [0, 0.1) is 5.82 Å². The second-order valence-electron chi connectivity index (χ2n) is 12.8. The quantitative estimate of drug-likeness (QED) is 0.399. The summed E-state index contributed by atoms with van der Waals surface area (Å²) in [4.78, 5) is 27.5. The standard InChI is InChI=1S/C29H41FN2O6SSi/c1-28(2,3)37-27(34)32-18-20(38-40(8,9)29(4,5)6)17-23(32)26(33)31-22-16-15-21(19-13-11-10-12-14-19)25(24(22)30)39(7,35)36/h10-16,20,23H,17-18H2,1-9H3,(H,31,33)/t20-,23-/m1/s1. The summed E-state index contributed by atoms with van der Waals surface area (Å²) in [6.45, 7) is 15.8. The van der Waals surface area contributed by atoms with Crippen LogP contribution in [0.4, 0.5) is 14.9 Å². The third kappa shape index (κ3) is 7.30. The van der Waals surface area contributed by atoms with E-state index in [1.807, 2.05) is 0 Å². The molecule has 2 aromatic carbocycles. The number of likely N-dealkylation sites (tertiary alicyclic amines) is 1. The second-order valence-corrected chi connectivity index (χ2v) is 19.5.